The van der Waals surface area contributed by atoms with Crippen LogP contribution >= 0.6 is 11.8 Å². The molecule has 1 aromatic heterocycles. The number of hydrogen-bond acceptors (Lipinski definition) is 5. The van der Waals surface area contributed by atoms with Crippen LogP contribution in [0.15, 0.2) is 17.8 Å². The first-order valence-electron chi connectivity index (χ1n) is 6.34. The van der Waals surface area contributed by atoms with E-state index < -0.39 is 6.03 Å². The van der Waals surface area contributed by atoms with Gasteiger partial charge in [0.15, 0.2) is 5.16 Å². The first-order chi connectivity index (χ1) is 9.60. The Morgan fingerprint density at radius 1 is 1.50 bits per heavy atom. The van der Waals surface area contributed by atoms with E-state index in [2.05, 4.69) is 27.4 Å². The molecule has 1 fully saturated rings. The van der Waals surface area contributed by atoms with Gasteiger partial charge in [-0.15, -0.1) is 16.8 Å². The van der Waals surface area contributed by atoms with E-state index in [-0.39, 0.29) is 17.7 Å². The number of allylic oxidation sites excluding steroid dienone is 1. The van der Waals surface area contributed by atoms with E-state index in [1.165, 1.54) is 11.8 Å². The smallest absolute Gasteiger partial charge is 0.321 e. The minimum Gasteiger partial charge on any atom is -0.335 e. The number of imide groups is 1. The maximum absolute atomic E-state index is 11.6. The van der Waals surface area contributed by atoms with Crippen LogP contribution in [0.4, 0.5) is 4.79 Å². The molecule has 0 spiro atoms. The summed E-state index contributed by atoms with van der Waals surface area (Å²) in [6.07, 6.45) is 3.71. The van der Waals surface area contributed by atoms with Gasteiger partial charge in [-0.05, 0) is 19.8 Å². The largest absolute Gasteiger partial charge is 0.335 e. The van der Waals surface area contributed by atoms with Crippen LogP contribution in [-0.2, 0) is 11.3 Å². The Morgan fingerprint density at radius 2 is 2.25 bits per heavy atom. The zero-order valence-electron chi connectivity index (χ0n) is 11.3. The van der Waals surface area contributed by atoms with Crippen LogP contribution in [0.25, 0.3) is 0 Å². The molecule has 0 saturated heterocycles. The van der Waals surface area contributed by atoms with Gasteiger partial charge in [-0.25, -0.2) is 4.79 Å². The number of nitrogens with zero attached hydrogens (tertiary/aromatic N) is 3. The minimum atomic E-state index is -0.429. The molecular formula is C12H17N5O2S. The standard InChI is InChI=1S/C12H17N5O2S/c1-3-6-17-8(2)15-16-12(17)20-7-10(18)14-11(19)13-9-4-5-9/h3,9H,1,4-7H2,2H3,(H2,13,14,18,19). The lowest BCUT2D eigenvalue weighted by molar-refractivity contribution is -0.117. The Morgan fingerprint density at radius 3 is 2.90 bits per heavy atom. The maximum atomic E-state index is 11.6. The molecule has 1 aliphatic carbocycles. The Labute approximate surface area is 121 Å². The number of nitrogens with one attached hydrogen (secondary N) is 2. The third-order valence-corrected chi connectivity index (χ3v) is 3.68. The Hall–Kier alpha value is -1.83. The van der Waals surface area contributed by atoms with E-state index in [9.17, 15) is 9.59 Å². The highest BCUT2D eigenvalue weighted by Gasteiger charge is 2.24. The first kappa shape index (κ1) is 14.6. The van der Waals surface area contributed by atoms with Crippen LogP contribution in [-0.4, -0.2) is 38.5 Å². The number of rotatable bonds is 6. The second-order valence-corrected chi connectivity index (χ2v) is 5.46. The maximum Gasteiger partial charge on any atom is 0.321 e. The van der Waals surface area contributed by atoms with Crippen molar-refractivity contribution in [3.8, 4) is 0 Å². The molecule has 8 heteroatoms. The number of thioether (sulfide) groups is 1. The number of aryl methyl sites for hydroxylation is 1. The molecule has 1 aromatic rings. The highest BCUT2D eigenvalue weighted by Crippen LogP contribution is 2.18. The summed E-state index contributed by atoms with van der Waals surface area (Å²) in [7, 11) is 0. The van der Waals surface area contributed by atoms with Crippen molar-refractivity contribution in [1.29, 1.82) is 0 Å². The molecular weight excluding hydrogens is 278 g/mol. The average Bonchev–Trinajstić information content (AvgIpc) is 3.13. The molecule has 108 valence electrons. The quantitative estimate of drug-likeness (QED) is 0.600. The van der Waals surface area contributed by atoms with E-state index >= 15 is 0 Å². The number of urea groups is 1. The highest BCUT2D eigenvalue weighted by molar-refractivity contribution is 7.99. The van der Waals surface area contributed by atoms with Crippen molar-refractivity contribution in [1.82, 2.24) is 25.4 Å². The van der Waals surface area contributed by atoms with Crippen LogP contribution in [0.2, 0.25) is 0 Å². The lowest BCUT2D eigenvalue weighted by atomic mass is 10.6. The van der Waals surface area contributed by atoms with E-state index in [0.29, 0.717) is 11.7 Å². The molecule has 1 saturated carbocycles. The lowest BCUT2D eigenvalue weighted by Gasteiger charge is -2.06. The molecule has 1 heterocycles. The van der Waals surface area contributed by atoms with Gasteiger partial charge in [-0.2, -0.15) is 0 Å². The van der Waals surface area contributed by atoms with Crippen molar-refractivity contribution in [3.05, 3.63) is 18.5 Å². The minimum absolute atomic E-state index is 0.118. The molecule has 2 rings (SSSR count). The van der Waals surface area contributed by atoms with Gasteiger partial charge in [0.1, 0.15) is 5.82 Å². The monoisotopic (exact) mass is 295 g/mol. The van der Waals surface area contributed by atoms with Gasteiger partial charge in [-0.1, -0.05) is 17.8 Å². The van der Waals surface area contributed by atoms with E-state index in [0.717, 1.165) is 18.7 Å². The van der Waals surface area contributed by atoms with E-state index in [4.69, 9.17) is 0 Å². The van der Waals surface area contributed by atoms with Crippen molar-refractivity contribution >= 4 is 23.7 Å². The third kappa shape index (κ3) is 4.09. The Bertz CT molecular complexity index is 524. The summed E-state index contributed by atoms with van der Waals surface area (Å²) in [4.78, 5) is 23.0. The SMILES string of the molecule is C=CCn1c(C)nnc1SCC(=O)NC(=O)NC1CC1. The third-order valence-electron chi connectivity index (χ3n) is 2.71. The number of carbonyl (C=O) groups excluding carboxylic acids is 2. The summed E-state index contributed by atoms with van der Waals surface area (Å²) in [6.45, 7) is 6.09. The van der Waals surface area contributed by atoms with Crippen LogP contribution in [0.5, 0.6) is 0 Å². The molecule has 0 bridgehead atoms. The average molecular weight is 295 g/mol. The van der Waals surface area contributed by atoms with Crippen LogP contribution < -0.4 is 10.6 Å². The Kier molecular flexibility index (Phi) is 4.78. The molecule has 0 unspecified atom stereocenters. The van der Waals surface area contributed by atoms with Crippen molar-refractivity contribution < 1.29 is 9.59 Å². The molecule has 20 heavy (non-hydrogen) atoms. The fourth-order valence-electron chi connectivity index (χ4n) is 1.55. The predicted octanol–water partition coefficient (Wildman–Crippen LogP) is 0.853. The predicted molar refractivity (Wildman–Crippen MR) is 75.4 cm³/mol. The molecule has 0 aromatic carbocycles. The summed E-state index contributed by atoms with van der Waals surface area (Å²) < 4.78 is 1.86. The molecule has 0 atom stereocenters. The summed E-state index contributed by atoms with van der Waals surface area (Å²) in [5, 5.41) is 13.6. The second-order valence-electron chi connectivity index (χ2n) is 4.51. The Balaban J connectivity index is 1.80. The molecule has 1 aliphatic rings. The molecule has 7 nitrogen and oxygen atoms in total. The summed E-state index contributed by atoms with van der Waals surface area (Å²) in [5.41, 5.74) is 0. The van der Waals surface area contributed by atoms with Gasteiger partial charge >= 0.3 is 6.03 Å². The molecule has 0 aliphatic heterocycles. The molecule has 2 N–H and O–H groups in total. The summed E-state index contributed by atoms with van der Waals surface area (Å²) >= 11 is 1.24. The van der Waals surface area contributed by atoms with E-state index in [1.807, 2.05) is 11.5 Å². The first-order valence-corrected chi connectivity index (χ1v) is 7.32. The van der Waals surface area contributed by atoms with Crippen molar-refractivity contribution in [3.63, 3.8) is 0 Å². The van der Waals surface area contributed by atoms with Gasteiger partial charge < -0.3 is 9.88 Å². The number of aromatic nitrogens is 3. The highest BCUT2D eigenvalue weighted by atomic mass is 32.2. The van der Waals surface area contributed by atoms with Gasteiger partial charge in [0, 0.05) is 12.6 Å². The fraction of sp³-hybridized carbons (Fsp3) is 0.500. The molecule has 3 amide bonds. The summed E-state index contributed by atoms with van der Waals surface area (Å²) in [5.74, 6) is 0.533. The topological polar surface area (TPSA) is 88.9 Å². The van der Waals surface area contributed by atoms with Gasteiger partial charge in [0.2, 0.25) is 5.91 Å². The number of hydrogen-bond donors (Lipinski definition) is 2. The number of carbonyl (C=O) groups is 2. The van der Waals surface area contributed by atoms with Crippen molar-refractivity contribution in [2.24, 2.45) is 0 Å². The van der Waals surface area contributed by atoms with Crippen molar-refractivity contribution in [2.45, 2.75) is 37.5 Å². The van der Waals surface area contributed by atoms with Crippen LogP contribution in [0.3, 0.4) is 0 Å². The van der Waals surface area contributed by atoms with Gasteiger partial charge in [0.05, 0.1) is 5.75 Å². The van der Waals surface area contributed by atoms with Crippen LogP contribution in [0.1, 0.15) is 18.7 Å². The lowest BCUT2D eigenvalue weighted by Crippen LogP contribution is -2.41. The second kappa shape index (κ2) is 6.56. The van der Waals surface area contributed by atoms with Crippen LogP contribution in [0, 0.1) is 6.92 Å². The van der Waals surface area contributed by atoms with Gasteiger partial charge in [0.25, 0.3) is 0 Å². The normalized spacial score (nSPS) is 13.8. The van der Waals surface area contributed by atoms with Crippen molar-refractivity contribution in [2.75, 3.05) is 5.75 Å². The number of amides is 3. The zero-order chi connectivity index (χ0) is 14.5. The van der Waals surface area contributed by atoms with E-state index in [1.54, 1.807) is 6.08 Å². The van der Waals surface area contributed by atoms with Gasteiger partial charge in [-0.3, -0.25) is 10.1 Å². The summed E-state index contributed by atoms with van der Waals surface area (Å²) in [6, 6.07) is -0.198. The zero-order valence-corrected chi connectivity index (χ0v) is 12.1. The fourth-order valence-corrected chi connectivity index (χ4v) is 2.34. The molecule has 0 radical (unpaired) electrons.